The number of carbonyl (C=O) groups excluding carboxylic acids is 1. The van der Waals surface area contributed by atoms with Crippen molar-refractivity contribution in [3.05, 3.63) is 21.6 Å². The number of aryl methyl sites for hydroxylation is 2. The van der Waals surface area contributed by atoms with E-state index in [0.29, 0.717) is 15.7 Å². The maximum atomic E-state index is 11.7. The Bertz CT molecular complexity index is 490. The minimum Gasteiger partial charge on any atom is -0.297 e. The van der Waals surface area contributed by atoms with E-state index in [1.807, 2.05) is 6.92 Å². The summed E-state index contributed by atoms with van der Waals surface area (Å²) in [4.78, 5) is 17.3. The number of rotatable bonds is 2. The number of carbonyl (C=O) groups is 1. The van der Waals surface area contributed by atoms with E-state index in [-0.39, 0.29) is 5.91 Å². The van der Waals surface area contributed by atoms with Gasteiger partial charge in [0.05, 0.1) is 5.69 Å². The van der Waals surface area contributed by atoms with Gasteiger partial charge in [0.1, 0.15) is 4.88 Å². The van der Waals surface area contributed by atoms with Gasteiger partial charge in [-0.15, -0.1) is 16.4 Å². The largest absolute Gasteiger partial charge is 0.297 e. The molecule has 15 heavy (non-hydrogen) atoms. The summed E-state index contributed by atoms with van der Waals surface area (Å²) < 4.78 is 3.70. The van der Waals surface area contributed by atoms with Crippen molar-refractivity contribution in [2.24, 2.45) is 0 Å². The highest BCUT2D eigenvalue weighted by Crippen LogP contribution is 2.18. The number of nitrogens with one attached hydrogen (secondary N) is 1. The van der Waals surface area contributed by atoms with Crippen LogP contribution in [0, 0.1) is 13.8 Å². The van der Waals surface area contributed by atoms with E-state index in [2.05, 4.69) is 19.9 Å². The van der Waals surface area contributed by atoms with Gasteiger partial charge in [0.15, 0.2) is 5.13 Å². The van der Waals surface area contributed by atoms with Gasteiger partial charge in [0.2, 0.25) is 0 Å². The van der Waals surface area contributed by atoms with Gasteiger partial charge in [-0.3, -0.25) is 10.1 Å². The van der Waals surface area contributed by atoms with Crippen molar-refractivity contribution >= 4 is 33.9 Å². The van der Waals surface area contributed by atoms with Crippen LogP contribution in [0.2, 0.25) is 0 Å². The molecule has 0 spiro atoms. The molecule has 0 saturated heterocycles. The van der Waals surface area contributed by atoms with Crippen LogP contribution in [0.25, 0.3) is 0 Å². The van der Waals surface area contributed by atoms with Crippen molar-refractivity contribution in [3.63, 3.8) is 0 Å². The molecule has 0 unspecified atom stereocenters. The van der Waals surface area contributed by atoms with Crippen LogP contribution in [0.4, 0.5) is 5.13 Å². The Kier molecular flexibility index (Phi) is 2.74. The summed E-state index contributed by atoms with van der Waals surface area (Å²) >= 11 is 2.53. The second-order valence-corrected chi connectivity index (χ2v) is 4.91. The summed E-state index contributed by atoms with van der Waals surface area (Å²) in [6, 6.07) is 0. The maximum Gasteiger partial charge on any atom is 0.271 e. The quantitative estimate of drug-likeness (QED) is 0.870. The van der Waals surface area contributed by atoms with Crippen LogP contribution in [0.1, 0.15) is 20.2 Å². The molecule has 0 bridgehead atoms. The number of hydrogen-bond acceptors (Lipinski definition) is 6. The van der Waals surface area contributed by atoms with E-state index in [4.69, 9.17) is 0 Å². The first-order chi connectivity index (χ1) is 7.16. The Balaban J connectivity index is 2.14. The van der Waals surface area contributed by atoms with Gasteiger partial charge in [0, 0.05) is 11.1 Å². The molecule has 1 N–H and O–H groups in total. The third-order valence-electron chi connectivity index (χ3n) is 1.70. The molecule has 0 radical (unpaired) electrons. The van der Waals surface area contributed by atoms with Gasteiger partial charge in [-0.25, -0.2) is 4.98 Å². The fourth-order valence-electron chi connectivity index (χ4n) is 1.01. The molecule has 2 heterocycles. The lowest BCUT2D eigenvalue weighted by atomic mass is 10.4. The highest BCUT2D eigenvalue weighted by atomic mass is 32.1. The highest BCUT2D eigenvalue weighted by Gasteiger charge is 2.14. The molecule has 0 saturated carbocycles. The average molecular weight is 240 g/mol. The van der Waals surface area contributed by atoms with Crippen molar-refractivity contribution in [1.82, 2.24) is 14.6 Å². The Hall–Kier alpha value is -1.34. The molecule has 7 heteroatoms. The lowest BCUT2D eigenvalue weighted by Crippen LogP contribution is -2.11. The van der Waals surface area contributed by atoms with Crippen molar-refractivity contribution < 1.29 is 4.79 Å². The molecular formula is C8H8N4OS2. The lowest BCUT2D eigenvalue weighted by Gasteiger charge is -1.97. The molecule has 2 aromatic heterocycles. The Morgan fingerprint density at radius 2 is 2.27 bits per heavy atom. The topological polar surface area (TPSA) is 67.8 Å². The summed E-state index contributed by atoms with van der Waals surface area (Å²) in [6.45, 7) is 3.69. The first kappa shape index (κ1) is 10.2. The van der Waals surface area contributed by atoms with Crippen molar-refractivity contribution in [2.75, 3.05) is 5.32 Å². The van der Waals surface area contributed by atoms with Crippen LogP contribution in [0.3, 0.4) is 0 Å². The fraction of sp³-hybridized carbons (Fsp3) is 0.250. The number of nitrogens with zero attached hydrogens (tertiary/aromatic N) is 3. The predicted octanol–water partition coefficient (Wildman–Crippen LogP) is 1.86. The molecule has 2 aromatic rings. The second-order valence-electron chi connectivity index (χ2n) is 2.92. The summed E-state index contributed by atoms with van der Waals surface area (Å²) in [5, 5.41) is 7.08. The zero-order chi connectivity index (χ0) is 10.8. The summed E-state index contributed by atoms with van der Waals surface area (Å²) in [5.74, 6) is -0.197. The van der Waals surface area contributed by atoms with Gasteiger partial charge in [-0.2, -0.15) is 0 Å². The molecule has 0 aliphatic heterocycles. The van der Waals surface area contributed by atoms with Gasteiger partial charge >= 0.3 is 0 Å². The Morgan fingerprint density at radius 1 is 1.47 bits per heavy atom. The molecule has 0 atom stereocenters. The average Bonchev–Trinajstić information content (AvgIpc) is 2.75. The minimum atomic E-state index is -0.197. The standard InChI is InChI=1S/C8H8N4OS2/c1-4-3-9-8(14-4)10-7(13)6-5(2)11-12-15-6/h3H,1-2H3,(H,9,10,13). The normalized spacial score (nSPS) is 10.3. The molecule has 78 valence electrons. The molecule has 0 aromatic carbocycles. The van der Waals surface area contributed by atoms with Gasteiger partial charge in [0.25, 0.3) is 5.91 Å². The molecular weight excluding hydrogens is 232 g/mol. The highest BCUT2D eigenvalue weighted by molar-refractivity contribution is 7.15. The molecule has 0 fully saturated rings. The van der Waals surface area contributed by atoms with Crippen molar-refractivity contribution in [2.45, 2.75) is 13.8 Å². The minimum absolute atomic E-state index is 0.197. The van der Waals surface area contributed by atoms with Gasteiger partial charge in [-0.1, -0.05) is 4.49 Å². The number of thiazole rings is 1. The lowest BCUT2D eigenvalue weighted by molar-refractivity contribution is 0.103. The van der Waals surface area contributed by atoms with E-state index in [1.54, 1.807) is 13.1 Å². The summed E-state index contributed by atoms with van der Waals surface area (Å²) in [7, 11) is 0. The van der Waals surface area contributed by atoms with E-state index in [1.165, 1.54) is 11.3 Å². The van der Waals surface area contributed by atoms with Crippen molar-refractivity contribution in [1.29, 1.82) is 0 Å². The van der Waals surface area contributed by atoms with Crippen LogP contribution < -0.4 is 5.32 Å². The number of amides is 1. The van der Waals surface area contributed by atoms with Gasteiger partial charge < -0.3 is 0 Å². The fourth-order valence-corrected chi connectivity index (χ4v) is 2.22. The predicted molar refractivity (Wildman–Crippen MR) is 59.5 cm³/mol. The van der Waals surface area contributed by atoms with E-state index in [0.717, 1.165) is 16.4 Å². The second kappa shape index (κ2) is 4.03. The maximum absolute atomic E-state index is 11.7. The Morgan fingerprint density at radius 3 is 2.80 bits per heavy atom. The van der Waals surface area contributed by atoms with E-state index in [9.17, 15) is 4.79 Å². The monoisotopic (exact) mass is 240 g/mol. The van der Waals surface area contributed by atoms with E-state index < -0.39 is 0 Å². The first-order valence-electron chi connectivity index (χ1n) is 4.19. The van der Waals surface area contributed by atoms with Crippen LogP contribution in [0.15, 0.2) is 6.20 Å². The molecule has 0 aliphatic rings. The zero-order valence-corrected chi connectivity index (χ0v) is 9.78. The molecule has 0 aliphatic carbocycles. The SMILES string of the molecule is Cc1cnc(NC(=O)c2snnc2C)s1. The van der Waals surface area contributed by atoms with Crippen LogP contribution in [0.5, 0.6) is 0 Å². The number of anilines is 1. The molecule has 2 rings (SSSR count). The van der Waals surface area contributed by atoms with E-state index >= 15 is 0 Å². The smallest absolute Gasteiger partial charge is 0.271 e. The molecule has 1 amide bonds. The third kappa shape index (κ3) is 2.18. The van der Waals surface area contributed by atoms with Crippen molar-refractivity contribution in [3.8, 4) is 0 Å². The number of aromatic nitrogens is 3. The zero-order valence-electron chi connectivity index (χ0n) is 8.14. The number of hydrogen-bond donors (Lipinski definition) is 1. The third-order valence-corrected chi connectivity index (χ3v) is 3.35. The Labute approximate surface area is 94.3 Å². The first-order valence-corrected chi connectivity index (χ1v) is 5.78. The van der Waals surface area contributed by atoms with Gasteiger partial charge in [-0.05, 0) is 25.4 Å². The molecule has 5 nitrogen and oxygen atoms in total. The van der Waals surface area contributed by atoms with Crippen LogP contribution >= 0.6 is 22.9 Å². The van der Waals surface area contributed by atoms with Crippen LogP contribution in [-0.2, 0) is 0 Å². The van der Waals surface area contributed by atoms with Crippen LogP contribution in [-0.4, -0.2) is 20.5 Å². The summed E-state index contributed by atoms with van der Waals surface area (Å²) in [5.41, 5.74) is 0.644. The summed E-state index contributed by atoms with van der Waals surface area (Å²) in [6.07, 6.45) is 1.72.